The Morgan fingerprint density at radius 1 is 1.19 bits per heavy atom. The summed E-state index contributed by atoms with van der Waals surface area (Å²) in [5, 5.41) is 7.89. The van der Waals surface area contributed by atoms with Crippen molar-refractivity contribution in [1.29, 1.82) is 0 Å². The highest BCUT2D eigenvalue weighted by Gasteiger charge is 2.10. The van der Waals surface area contributed by atoms with Crippen molar-refractivity contribution in [2.45, 2.75) is 58.7 Å². The van der Waals surface area contributed by atoms with Crippen molar-refractivity contribution in [2.75, 3.05) is 0 Å². The Labute approximate surface area is 128 Å². The predicted octanol–water partition coefficient (Wildman–Crippen LogP) is 3.97. The van der Waals surface area contributed by atoms with Gasteiger partial charge in [-0.3, -0.25) is 4.68 Å². The number of aryl methyl sites for hydroxylation is 1. The first kappa shape index (κ1) is 15.8. The Kier molecular flexibility index (Phi) is 6.00. The lowest BCUT2D eigenvalue weighted by molar-refractivity contribution is 0.413. The second kappa shape index (κ2) is 7.99. The van der Waals surface area contributed by atoms with Crippen molar-refractivity contribution in [2.24, 2.45) is 0 Å². The van der Waals surface area contributed by atoms with E-state index in [-0.39, 0.29) is 0 Å². The monoisotopic (exact) mass is 285 g/mol. The maximum absolute atomic E-state index is 4.25. The lowest BCUT2D eigenvalue weighted by atomic mass is 10.0. The zero-order valence-electron chi connectivity index (χ0n) is 13.4. The summed E-state index contributed by atoms with van der Waals surface area (Å²) >= 11 is 0. The van der Waals surface area contributed by atoms with Crippen LogP contribution in [0.25, 0.3) is 0 Å². The smallest absolute Gasteiger partial charge is 0.0560 e. The molecule has 21 heavy (non-hydrogen) atoms. The number of unbranched alkanes of at least 4 members (excludes halogenated alkanes) is 1. The molecule has 2 unspecified atom stereocenters. The molecule has 1 N–H and O–H groups in total. The third-order valence-electron chi connectivity index (χ3n) is 3.85. The Balaban J connectivity index is 1.85. The molecule has 0 bridgehead atoms. The summed E-state index contributed by atoms with van der Waals surface area (Å²) in [6.45, 7) is 7.56. The van der Waals surface area contributed by atoms with Crippen molar-refractivity contribution in [1.82, 2.24) is 15.1 Å². The minimum absolute atomic E-state index is 0.357. The molecule has 0 aliphatic rings. The molecule has 2 rings (SSSR count). The van der Waals surface area contributed by atoms with Gasteiger partial charge in [0.2, 0.25) is 0 Å². The summed E-state index contributed by atoms with van der Waals surface area (Å²) in [6, 6.07) is 11.7. The van der Waals surface area contributed by atoms with Crippen LogP contribution in [-0.4, -0.2) is 15.8 Å². The van der Waals surface area contributed by atoms with Crippen LogP contribution in [0.3, 0.4) is 0 Å². The van der Waals surface area contributed by atoms with Gasteiger partial charge in [0, 0.05) is 24.5 Å². The van der Waals surface area contributed by atoms with Gasteiger partial charge in [-0.1, -0.05) is 37.6 Å². The molecule has 0 saturated carbocycles. The molecule has 0 aliphatic heterocycles. The van der Waals surface area contributed by atoms with Crippen molar-refractivity contribution in [3.05, 3.63) is 53.9 Å². The molecule has 3 nitrogen and oxygen atoms in total. The zero-order chi connectivity index (χ0) is 15.1. The first-order valence-corrected chi connectivity index (χ1v) is 8.01. The predicted molar refractivity (Wildman–Crippen MR) is 88.3 cm³/mol. The fraction of sp³-hybridized carbons (Fsp3) is 0.500. The van der Waals surface area contributed by atoms with Crippen LogP contribution in [0.15, 0.2) is 42.7 Å². The maximum atomic E-state index is 4.25. The minimum Gasteiger partial charge on any atom is -0.306 e. The van der Waals surface area contributed by atoms with Crippen LogP contribution in [0.1, 0.15) is 50.8 Å². The summed E-state index contributed by atoms with van der Waals surface area (Å²) in [7, 11) is 0. The van der Waals surface area contributed by atoms with Gasteiger partial charge in [0.05, 0.1) is 6.54 Å². The van der Waals surface area contributed by atoms with E-state index in [0.29, 0.717) is 12.1 Å². The van der Waals surface area contributed by atoms with Gasteiger partial charge in [-0.25, -0.2) is 0 Å². The van der Waals surface area contributed by atoms with Gasteiger partial charge < -0.3 is 5.32 Å². The quantitative estimate of drug-likeness (QED) is 0.795. The summed E-state index contributed by atoms with van der Waals surface area (Å²) in [4.78, 5) is 0. The van der Waals surface area contributed by atoms with E-state index < -0.39 is 0 Å². The standard InChI is InChI=1S/C18H27N3/c1-4-5-7-17-8-10-18(11-9-17)16(3)20-15(2)14-21-13-6-12-19-21/h6,8-13,15-16,20H,4-5,7,14H2,1-3H3. The van der Waals surface area contributed by atoms with Crippen LogP contribution in [0.4, 0.5) is 0 Å². The normalized spacial score (nSPS) is 14.0. The third kappa shape index (κ3) is 5.01. The number of rotatable bonds is 8. The lowest BCUT2D eigenvalue weighted by Gasteiger charge is -2.20. The molecule has 1 heterocycles. The molecular formula is C18H27N3. The Hall–Kier alpha value is -1.61. The van der Waals surface area contributed by atoms with E-state index in [4.69, 9.17) is 0 Å². The number of hydrogen-bond donors (Lipinski definition) is 1. The Morgan fingerprint density at radius 3 is 2.57 bits per heavy atom. The molecule has 0 saturated heterocycles. The average Bonchev–Trinajstić information content (AvgIpc) is 2.98. The highest BCUT2D eigenvalue weighted by molar-refractivity contribution is 5.24. The van der Waals surface area contributed by atoms with E-state index in [1.807, 2.05) is 23.1 Å². The van der Waals surface area contributed by atoms with Crippen LogP contribution in [0.5, 0.6) is 0 Å². The number of nitrogens with zero attached hydrogens (tertiary/aromatic N) is 2. The third-order valence-corrected chi connectivity index (χ3v) is 3.85. The van der Waals surface area contributed by atoms with E-state index >= 15 is 0 Å². The second-order valence-corrected chi connectivity index (χ2v) is 5.86. The molecular weight excluding hydrogens is 258 g/mol. The van der Waals surface area contributed by atoms with Gasteiger partial charge in [0.25, 0.3) is 0 Å². The van der Waals surface area contributed by atoms with E-state index in [1.165, 1.54) is 30.4 Å². The molecule has 2 aromatic rings. The topological polar surface area (TPSA) is 29.9 Å². The maximum Gasteiger partial charge on any atom is 0.0560 e. The highest BCUT2D eigenvalue weighted by Crippen LogP contribution is 2.15. The van der Waals surface area contributed by atoms with Crippen molar-refractivity contribution >= 4 is 0 Å². The van der Waals surface area contributed by atoms with E-state index in [0.717, 1.165) is 6.54 Å². The summed E-state index contributed by atoms with van der Waals surface area (Å²) in [5.41, 5.74) is 2.79. The molecule has 3 heteroatoms. The van der Waals surface area contributed by atoms with Gasteiger partial charge >= 0.3 is 0 Å². The zero-order valence-corrected chi connectivity index (χ0v) is 13.4. The first-order valence-electron chi connectivity index (χ1n) is 8.01. The van der Waals surface area contributed by atoms with E-state index in [1.54, 1.807) is 0 Å². The SMILES string of the molecule is CCCCc1ccc(C(C)NC(C)Cn2cccn2)cc1. The fourth-order valence-electron chi connectivity index (χ4n) is 2.62. The van der Waals surface area contributed by atoms with Crippen LogP contribution in [0.2, 0.25) is 0 Å². The van der Waals surface area contributed by atoms with Crippen molar-refractivity contribution in [3.8, 4) is 0 Å². The molecule has 1 aromatic carbocycles. The van der Waals surface area contributed by atoms with Gasteiger partial charge in [0.1, 0.15) is 0 Å². The Bertz CT molecular complexity index is 502. The van der Waals surface area contributed by atoms with Gasteiger partial charge in [0.15, 0.2) is 0 Å². The fourth-order valence-corrected chi connectivity index (χ4v) is 2.62. The average molecular weight is 285 g/mol. The van der Waals surface area contributed by atoms with Crippen molar-refractivity contribution in [3.63, 3.8) is 0 Å². The lowest BCUT2D eigenvalue weighted by Crippen LogP contribution is -2.32. The van der Waals surface area contributed by atoms with Crippen LogP contribution in [-0.2, 0) is 13.0 Å². The molecule has 2 atom stereocenters. The Morgan fingerprint density at radius 2 is 1.95 bits per heavy atom. The molecule has 0 radical (unpaired) electrons. The highest BCUT2D eigenvalue weighted by atomic mass is 15.3. The molecule has 0 aliphatic carbocycles. The summed E-state index contributed by atoms with van der Waals surface area (Å²) in [6.07, 6.45) is 7.55. The molecule has 1 aromatic heterocycles. The van der Waals surface area contributed by atoms with Crippen LogP contribution < -0.4 is 5.32 Å². The number of hydrogen-bond acceptors (Lipinski definition) is 2. The summed E-state index contributed by atoms with van der Waals surface area (Å²) < 4.78 is 1.97. The van der Waals surface area contributed by atoms with Gasteiger partial charge in [-0.2, -0.15) is 5.10 Å². The van der Waals surface area contributed by atoms with Crippen molar-refractivity contribution < 1.29 is 0 Å². The number of nitrogens with one attached hydrogen (secondary N) is 1. The first-order chi connectivity index (χ1) is 10.2. The molecule has 0 spiro atoms. The molecule has 114 valence electrons. The second-order valence-electron chi connectivity index (χ2n) is 5.86. The minimum atomic E-state index is 0.357. The van der Waals surface area contributed by atoms with Crippen LogP contribution in [0, 0.1) is 0 Å². The number of aromatic nitrogens is 2. The summed E-state index contributed by atoms with van der Waals surface area (Å²) in [5.74, 6) is 0. The largest absolute Gasteiger partial charge is 0.306 e. The van der Waals surface area contributed by atoms with Gasteiger partial charge in [-0.05, 0) is 43.9 Å². The van der Waals surface area contributed by atoms with E-state index in [9.17, 15) is 0 Å². The molecule has 0 amide bonds. The number of benzene rings is 1. The van der Waals surface area contributed by atoms with Crippen LogP contribution >= 0.6 is 0 Å². The van der Waals surface area contributed by atoms with E-state index in [2.05, 4.69) is 55.5 Å². The molecule has 0 fully saturated rings. The van der Waals surface area contributed by atoms with Gasteiger partial charge in [-0.15, -0.1) is 0 Å².